The van der Waals surface area contributed by atoms with Crippen LogP contribution in [0.3, 0.4) is 0 Å². The second-order valence-electron chi connectivity index (χ2n) is 8.44. The first-order valence-electron chi connectivity index (χ1n) is 9.35. The zero-order chi connectivity index (χ0) is 18.6. The fraction of sp³-hybridized carbons (Fsp3) is 0.208. The highest BCUT2D eigenvalue weighted by atomic mass is 32.1. The van der Waals surface area contributed by atoms with Gasteiger partial charge < -0.3 is 4.57 Å². The van der Waals surface area contributed by atoms with Crippen molar-refractivity contribution in [1.29, 1.82) is 0 Å². The summed E-state index contributed by atoms with van der Waals surface area (Å²) in [6, 6.07) is 17.7. The lowest BCUT2D eigenvalue weighted by Crippen LogP contribution is -2.09. The van der Waals surface area contributed by atoms with Gasteiger partial charge >= 0.3 is 0 Å². The van der Waals surface area contributed by atoms with E-state index in [2.05, 4.69) is 84.2 Å². The minimum atomic E-state index is 0.244. The summed E-state index contributed by atoms with van der Waals surface area (Å²) < 4.78 is 3.76. The number of hydrogen-bond acceptors (Lipinski definition) is 2. The lowest BCUT2D eigenvalue weighted by molar-refractivity contribution is 0.411. The molecule has 0 bridgehead atoms. The van der Waals surface area contributed by atoms with Crippen LogP contribution < -0.4 is 0 Å². The maximum atomic E-state index is 4.42. The predicted octanol–water partition coefficient (Wildman–Crippen LogP) is 6.98. The molecule has 3 aromatic heterocycles. The number of pyridine rings is 1. The lowest BCUT2D eigenvalue weighted by Gasteiger charge is -2.20. The van der Waals surface area contributed by atoms with Gasteiger partial charge in [-0.1, -0.05) is 45.0 Å². The van der Waals surface area contributed by atoms with Crippen LogP contribution >= 0.6 is 11.3 Å². The van der Waals surface area contributed by atoms with E-state index in [0.29, 0.717) is 0 Å². The first kappa shape index (κ1) is 16.5. The van der Waals surface area contributed by atoms with Crippen LogP contribution in [0, 0.1) is 5.41 Å². The summed E-state index contributed by atoms with van der Waals surface area (Å²) in [4.78, 5) is 4.42. The third-order valence-electron chi connectivity index (χ3n) is 5.04. The standard InChI is InChI=1S/C24H22N2S/c1-24(2,3)14-16-12-17-8-10-25-15-19(17)22(13-16)26-20-7-5-4-6-18(20)23-21(26)9-11-27-23/h4-13,15H,14H2,1-3H3. The van der Waals surface area contributed by atoms with Gasteiger partial charge in [0, 0.05) is 23.2 Å². The Bertz CT molecular complexity index is 1280. The van der Waals surface area contributed by atoms with Crippen molar-refractivity contribution in [3.63, 3.8) is 0 Å². The fourth-order valence-electron chi connectivity index (χ4n) is 4.07. The van der Waals surface area contributed by atoms with E-state index >= 15 is 0 Å². The third kappa shape index (κ3) is 2.74. The Hall–Kier alpha value is -2.65. The Morgan fingerprint density at radius 2 is 1.81 bits per heavy atom. The minimum Gasteiger partial charge on any atom is -0.308 e. The molecule has 2 aromatic carbocycles. The smallest absolute Gasteiger partial charge is 0.0649 e. The molecule has 134 valence electrons. The number of aromatic nitrogens is 2. The third-order valence-corrected chi connectivity index (χ3v) is 5.98. The lowest BCUT2D eigenvalue weighted by atomic mass is 9.87. The van der Waals surface area contributed by atoms with Crippen LogP contribution in [0.25, 0.3) is 37.6 Å². The molecule has 0 atom stereocenters. The Kier molecular flexibility index (Phi) is 3.63. The largest absolute Gasteiger partial charge is 0.308 e. The van der Waals surface area contributed by atoms with Gasteiger partial charge in [0.15, 0.2) is 0 Å². The molecule has 0 aliphatic carbocycles. The quantitative estimate of drug-likeness (QED) is 0.328. The number of nitrogens with zero attached hydrogens (tertiary/aromatic N) is 2. The monoisotopic (exact) mass is 370 g/mol. The zero-order valence-corrected chi connectivity index (χ0v) is 16.7. The molecule has 5 rings (SSSR count). The summed E-state index contributed by atoms with van der Waals surface area (Å²) in [6.45, 7) is 6.89. The highest BCUT2D eigenvalue weighted by Gasteiger charge is 2.17. The zero-order valence-electron chi connectivity index (χ0n) is 15.9. The Balaban J connectivity index is 1.89. The summed E-state index contributed by atoms with van der Waals surface area (Å²) in [5, 5.41) is 5.96. The Labute approximate surface area is 163 Å². The van der Waals surface area contributed by atoms with Gasteiger partial charge in [-0.05, 0) is 52.4 Å². The van der Waals surface area contributed by atoms with Crippen LogP contribution in [0.5, 0.6) is 0 Å². The molecule has 0 radical (unpaired) electrons. The average Bonchev–Trinajstić information content (AvgIpc) is 3.20. The molecule has 0 saturated heterocycles. The van der Waals surface area contributed by atoms with Crippen LogP contribution in [0.1, 0.15) is 26.3 Å². The number of thiophene rings is 1. The van der Waals surface area contributed by atoms with Crippen molar-refractivity contribution in [3.8, 4) is 5.69 Å². The van der Waals surface area contributed by atoms with Crippen LogP contribution in [0.2, 0.25) is 0 Å². The van der Waals surface area contributed by atoms with Gasteiger partial charge in [-0.2, -0.15) is 0 Å². The van der Waals surface area contributed by atoms with Crippen molar-refractivity contribution < 1.29 is 0 Å². The molecular formula is C24H22N2S. The van der Waals surface area contributed by atoms with E-state index in [0.717, 1.165) is 6.42 Å². The molecule has 0 aliphatic heterocycles. The first-order valence-corrected chi connectivity index (χ1v) is 10.2. The van der Waals surface area contributed by atoms with E-state index in [4.69, 9.17) is 0 Å². The highest BCUT2D eigenvalue weighted by molar-refractivity contribution is 7.18. The van der Waals surface area contributed by atoms with Crippen LogP contribution in [-0.2, 0) is 6.42 Å². The molecular weight excluding hydrogens is 348 g/mol. The summed E-state index contributed by atoms with van der Waals surface area (Å²) in [7, 11) is 0. The normalized spacial score (nSPS) is 12.4. The summed E-state index contributed by atoms with van der Waals surface area (Å²) in [5.74, 6) is 0. The van der Waals surface area contributed by atoms with Crippen LogP contribution in [-0.4, -0.2) is 9.55 Å². The molecule has 0 fully saturated rings. The van der Waals surface area contributed by atoms with E-state index in [1.54, 1.807) is 0 Å². The van der Waals surface area contributed by atoms with Crippen LogP contribution in [0.4, 0.5) is 0 Å². The second-order valence-corrected chi connectivity index (χ2v) is 9.35. The van der Waals surface area contributed by atoms with Gasteiger partial charge in [-0.3, -0.25) is 4.98 Å². The molecule has 0 spiro atoms. The molecule has 0 aliphatic rings. The number of benzene rings is 2. The summed E-state index contributed by atoms with van der Waals surface area (Å²) in [5.41, 5.74) is 5.38. The Morgan fingerprint density at radius 1 is 0.963 bits per heavy atom. The summed E-state index contributed by atoms with van der Waals surface area (Å²) in [6.07, 6.45) is 4.93. The number of hydrogen-bond donors (Lipinski definition) is 0. The van der Waals surface area contributed by atoms with E-state index in [-0.39, 0.29) is 5.41 Å². The molecule has 0 unspecified atom stereocenters. The second kappa shape index (κ2) is 5.93. The van der Waals surface area contributed by atoms with Crippen molar-refractivity contribution in [1.82, 2.24) is 9.55 Å². The molecule has 0 saturated carbocycles. The maximum Gasteiger partial charge on any atom is 0.0649 e. The van der Waals surface area contributed by atoms with Gasteiger partial charge in [0.25, 0.3) is 0 Å². The summed E-state index contributed by atoms with van der Waals surface area (Å²) >= 11 is 1.82. The van der Waals surface area contributed by atoms with E-state index in [1.165, 1.54) is 43.1 Å². The molecule has 27 heavy (non-hydrogen) atoms. The van der Waals surface area contributed by atoms with E-state index in [9.17, 15) is 0 Å². The van der Waals surface area contributed by atoms with Crippen molar-refractivity contribution >= 4 is 43.2 Å². The molecule has 3 heterocycles. The average molecular weight is 371 g/mol. The number of fused-ring (bicyclic) bond motifs is 4. The van der Waals surface area contributed by atoms with Gasteiger partial charge in [-0.15, -0.1) is 11.3 Å². The molecule has 3 heteroatoms. The number of para-hydroxylation sites is 1. The fourth-order valence-corrected chi connectivity index (χ4v) is 4.98. The predicted molar refractivity (Wildman–Crippen MR) is 117 cm³/mol. The van der Waals surface area contributed by atoms with Crippen molar-refractivity contribution in [2.75, 3.05) is 0 Å². The first-order chi connectivity index (χ1) is 13.0. The topological polar surface area (TPSA) is 17.8 Å². The van der Waals surface area contributed by atoms with Gasteiger partial charge in [-0.25, -0.2) is 0 Å². The van der Waals surface area contributed by atoms with Crippen molar-refractivity contribution in [3.05, 3.63) is 71.9 Å². The maximum absolute atomic E-state index is 4.42. The van der Waals surface area contributed by atoms with Crippen molar-refractivity contribution in [2.45, 2.75) is 27.2 Å². The molecule has 0 N–H and O–H groups in total. The van der Waals surface area contributed by atoms with Crippen LogP contribution in [0.15, 0.2) is 66.3 Å². The van der Waals surface area contributed by atoms with E-state index < -0.39 is 0 Å². The van der Waals surface area contributed by atoms with Gasteiger partial charge in [0.2, 0.25) is 0 Å². The molecule has 2 nitrogen and oxygen atoms in total. The highest BCUT2D eigenvalue weighted by Crippen LogP contribution is 2.38. The number of rotatable bonds is 2. The SMILES string of the molecule is CC(C)(C)Cc1cc(-n2c3ccccc3c3sccc32)c2cnccc2c1. The van der Waals surface area contributed by atoms with E-state index in [1.807, 2.05) is 23.7 Å². The van der Waals surface area contributed by atoms with Gasteiger partial charge in [0.1, 0.15) is 0 Å². The minimum absolute atomic E-state index is 0.244. The molecule has 5 aromatic rings. The molecule has 0 amide bonds. The van der Waals surface area contributed by atoms with Crippen molar-refractivity contribution in [2.24, 2.45) is 5.41 Å². The Morgan fingerprint density at radius 3 is 2.67 bits per heavy atom. The van der Waals surface area contributed by atoms with Gasteiger partial charge in [0.05, 0.1) is 21.4 Å².